The third kappa shape index (κ3) is 6.29. The molecule has 7 atom stereocenters. The summed E-state index contributed by atoms with van der Waals surface area (Å²) >= 11 is 0. The molecule has 1 saturated heterocycles. The van der Waals surface area contributed by atoms with Gasteiger partial charge >= 0.3 is 11.9 Å². The second kappa shape index (κ2) is 11.7. The molecule has 45 heavy (non-hydrogen) atoms. The number of aliphatic carboxylic acids is 1. The number of carboxylic acid groups (broad SMARTS) is 1. The highest BCUT2D eigenvalue weighted by Crippen LogP contribution is 2.58. The van der Waals surface area contributed by atoms with E-state index in [1.807, 2.05) is 20.8 Å². The van der Waals surface area contributed by atoms with Crippen molar-refractivity contribution < 1.29 is 42.5 Å². The van der Waals surface area contributed by atoms with Gasteiger partial charge in [-0.2, -0.15) is 8.78 Å². The van der Waals surface area contributed by atoms with E-state index in [1.165, 1.54) is 12.0 Å². The Morgan fingerprint density at radius 3 is 2.56 bits per heavy atom. The van der Waals surface area contributed by atoms with Gasteiger partial charge in [0.05, 0.1) is 37.0 Å². The first-order valence-electron chi connectivity index (χ1n) is 15.9. The zero-order valence-corrected chi connectivity index (χ0v) is 26.1. The van der Waals surface area contributed by atoms with Crippen molar-refractivity contribution in [3.8, 4) is 11.6 Å². The maximum Gasteiger partial charge on any atom is 0.326 e. The Kier molecular flexibility index (Phi) is 8.14. The van der Waals surface area contributed by atoms with Gasteiger partial charge in [0.2, 0.25) is 11.8 Å². The van der Waals surface area contributed by atoms with E-state index in [0.29, 0.717) is 30.4 Å². The molecule has 2 aliphatic heterocycles. The minimum atomic E-state index is -3.39. The van der Waals surface area contributed by atoms with E-state index in [1.54, 1.807) is 18.2 Å². The number of ether oxygens (including phenoxy) is 3. The van der Waals surface area contributed by atoms with Crippen LogP contribution in [0, 0.1) is 29.1 Å². The molecular weight excluding hydrogens is 588 g/mol. The number of halogens is 2. The van der Waals surface area contributed by atoms with E-state index >= 15 is 8.78 Å². The largest absolute Gasteiger partial charge is 0.497 e. The van der Waals surface area contributed by atoms with Crippen molar-refractivity contribution in [2.75, 3.05) is 13.7 Å². The fourth-order valence-electron chi connectivity index (χ4n) is 7.53. The molecule has 12 heteroatoms. The van der Waals surface area contributed by atoms with Gasteiger partial charge in [-0.15, -0.1) is 0 Å². The minimum absolute atomic E-state index is 0.0975. The first-order valence-corrected chi connectivity index (χ1v) is 15.9. The molecule has 2 aliphatic carbocycles. The quantitative estimate of drug-likeness (QED) is 0.437. The number of aromatic nitrogens is 2. The van der Waals surface area contributed by atoms with Crippen LogP contribution in [0.3, 0.4) is 0 Å². The van der Waals surface area contributed by atoms with Gasteiger partial charge < -0.3 is 24.2 Å². The molecule has 3 fully saturated rings. The molecule has 0 radical (unpaired) electrons. The van der Waals surface area contributed by atoms with E-state index < -0.39 is 65.2 Å². The van der Waals surface area contributed by atoms with E-state index in [9.17, 15) is 19.5 Å². The van der Waals surface area contributed by atoms with Gasteiger partial charge in [0, 0.05) is 18.9 Å². The summed E-state index contributed by atoms with van der Waals surface area (Å²) in [5, 5.41) is 10.1. The van der Waals surface area contributed by atoms with Crippen molar-refractivity contribution >= 4 is 28.9 Å². The number of carboxylic acids is 1. The van der Waals surface area contributed by atoms with Crippen LogP contribution in [0.15, 0.2) is 18.2 Å². The maximum absolute atomic E-state index is 16.0. The van der Waals surface area contributed by atoms with Gasteiger partial charge in [0.15, 0.2) is 5.69 Å². The van der Waals surface area contributed by atoms with E-state index in [-0.39, 0.29) is 48.9 Å². The molecule has 0 unspecified atom stereocenters. The van der Waals surface area contributed by atoms with Gasteiger partial charge in [0.25, 0.3) is 5.92 Å². The van der Waals surface area contributed by atoms with E-state index in [4.69, 9.17) is 14.2 Å². The van der Waals surface area contributed by atoms with Crippen molar-refractivity contribution in [1.29, 1.82) is 0 Å². The van der Waals surface area contributed by atoms with Gasteiger partial charge in [-0.3, -0.25) is 9.59 Å². The highest BCUT2D eigenvalue weighted by Gasteiger charge is 2.55. The van der Waals surface area contributed by atoms with Gasteiger partial charge in [-0.1, -0.05) is 27.2 Å². The van der Waals surface area contributed by atoms with Crippen LogP contribution >= 0.6 is 0 Å². The molecule has 0 spiro atoms. The lowest BCUT2D eigenvalue weighted by atomic mass is 9.77. The molecule has 1 N–H and O–H groups in total. The summed E-state index contributed by atoms with van der Waals surface area (Å²) in [6.07, 6.45) is 1.18. The first kappa shape index (κ1) is 31.4. The summed E-state index contributed by atoms with van der Waals surface area (Å²) in [4.78, 5) is 49.6. The Hall–Kier alpha value is -3.57. The summed E-state index contributed by atoms with van der Waals surface area (Å²) in [7, 11) is 1.48. The lowest BCUT2D eigenvalue weighted by Crippen LogP contribution is -2.47. The van der Waals surface area contributed by atoms with Crippen molar-refractivity contribution in [3.05, 3.63) is 23.9 Å². The fourth-order valence-corrected chi connectivity index (χ4v) is 7.53. The first-order chi connectivity index (χ1) is 21.2. The molecule has 1 aromatic carbocycles. The summed E-state index contributed by atoms with van der Waals surface area (Å²) in [5.41, 5.74) is -0.770. The van der Waals surface area contributed by atoms with Crippen LogP contribution in [0.4, 0.5) is 8.78 Å². The van der Waals surface area contributed by atoms with Crippen LogP contribution in [0.2, 0.25) is 0 Å². The Morgan fingerprint density at radius 2 is 1.84 bits per heavy atom. The smallest absolute Gasteiger partial charge is 0.326 e. The van der Waals surface area contributed by atoms with Crippen LogP contribution in [0.25, 0.3) is 11.0 Å². The zero-order valence-electron chi connectivity index (χ0n) is 26.1. The summed E-state index contributed by atoms with van der Waals surface area (Å²) in [6.45, 7) is 5.31. The molecule has 2 bridgehead atoms. The van der Waals surface area contributed by atoms with Crippen molar-refractivity contribution in [1.82, 2.24) is 14.9 Å². The summed E-state index contributed by atoms with van der Waals surface area (Å²) < 4.78 is 49.2. The number of hydrogen-bond donors (Lipinski definition) is 1. The lowest BCUT2D eigenvalue weighted by Gasteiger charge is -2.34. The number of carbonyl (C=O) groups excluding carboxylic acids is 2. The summed E-state index contributed by atoms with van der Waals surface area (Å²) in [6, 6.07) is 3.47. The molecule has 3 heterocycles. The molecule has 1 amide bonds. The Labute approximate surface area is 260 Å². The number of methoxy groups -OCH3 is 1. The summed E-state index contributed by atoms with van der Waals surface area (Å²) in [5.74, 6) is -5.41. The van der Waals surface area contributed by atoms with Crippen LogP contribution in [-0.2, 0) is 25.0 Å². The average Bonchev–Trinajstić information content (AvgIpc) is 3.46. The number of hydrogen-bond acceptors (Lipinski definition) is 8. The third-order valence-corrected chi connectivity index (χ3v) is 10.1. The monoisotopic (exact) mass is 629 g/mol. The topological polar surface area (TPSA) is 128 Å². The van der Waals surface area contributed by atoms with E-state index in [0.717, 1.165) is 12.8 Å². The second-order valence-corrected chi connectivity index (χ2v) is 14.2. The van der Waals surface area contributed by atoms with Gasteiger partial charge in [-0.05, 0) is 61.0 Å². The van der Waals surface area contributed by atoms with Crippen molar-refractivity contribution in [3.63, 3.8) is 0 Å². The molecule has 244 valence electrons. The SMILES string of the molecule is COc1ccc2nc3c(nc2c1)O[C@@H]1C[C@@H](C(=O)O)N(C1)C(=O)[C@H](C(C)(C)C)CC(=O)O[C@@H]1C[C@@H]2C[C@@H]2[C@H]1CCCCC3(F)F. The molecule has 4 aliphatic rings. The molecule has 2 aromatic rings. The van der Waals surface area contributed by atoms with Crippen LogP contribution in [0.1, 0.15) is 77.8 Å². The predicted molar refractivity (Wildman–Crippen MR) is 158 cm³/mol. The van der Waals surface area contributed by atoms with Gasteiger partial charge in [-0.25, -0.2) is 14.8 Å². The van der Waals surface area contributed by atoms with E-state index in [2.05, 4.69) is 9.97 Å². The number of amides is 1. The second-order valence-electron chi connectivity index (χ2n) is 14.2. The zero-order chi connectivity index (χ0) is 32.3. The number of rotatable bonds is 2. The maximum atomic E-state index is 16.0. The Bertz CT molecular complexity index is 1490. The number of fused-ring (bicyclic) bond motifs is 7. The number of nitrogens with zero attached hydrogens (tertiary/aromatic N) is 3. The van der Waals surface area contributed by atoms with Crippen LogP contribution in [-0.4, -0.2) is 69.7 Å². The number of carbonyl (C=O) groups is 3. The minimum Gasteiger partial charge on any atom is -0.497 e. The lowest BCUT2D eigenvalue weighted by molar-refractivity contribution is -0.159. The fraction of sp³-hybridized carbons (Fsp3) is 0.667. The van der Waals surface area contributed by atoms with Gasteiger partial charge in [0.1, 0.15) is 24.0 Å². The number of esters is 1. The average molecular weight is 630 g/mol. The molecule has 1 aromatic heterocycles. The highest BCUT2D eigenvalue weighted by molar-refractivity contribution is 5.89. The third-order valence-electron chi connectivity index (χ3n) is 10.1. The standard InChI is InChI=1S/C33H41F2N3O7/c1-32(2,3)22-15-27(39)45-26-12-17-11-21(17)20(26)7-5-6-10-33(34,35)28-29(37-24-13-18(43-4)8-9-23(24)36-28)44-19-14-25(31(41)42)38(16-19)30(22)40/h8-9,13,17,19-22,25-26H,5-7,10-12,14-16H2,1-4H3,(H,41,42)/t17-,19+,20+,21-,22+,25-,26+/m0/s1. The normalized spacial score (nSPS) is 32.0. The van der Waals surface area contributed by atoms with Crippen LogP contribution < -0.4 is 9.47 Å². The van der Waals surface area contributed by atoms with Crippen LogP contribution in [0.5, 0.6) is 11.6 Å². The Morgan fingerprint density at radius 1 is 1.07 bits per heavy atom. The number of benzene rings is 1. The van der Waals surface area contributed by atoms with Crippen molar-refractivity contribution in [2.24, 2.45) is 29.1 Å². The Balaban J connectivity index is 1.38. The molecular formula is C33H41F2N3O7. The predicted octanol–water partition coefficient (Wildman–Crippen LogP) is 5.36. The molecule has 10 nitrogen and oxygen atoms in total. The highest BCUT2D eigenvalue weighted by atomic mass is 19.3. The molecule has 6 rings (SSSR count). The molecule has 2 saturated carbocycles. The number of alkyl halides is 2. The van der Waals surface area contributed by atoms with Crippen molar-refractivity contribution in [2.45, 2.75) is 96.3 Å².